The lowest BCUT2D eigenvalue weighted by atomic mass is 10.2. The zero-order chi connectivity index (χ0) is 15.4. The molecule has 0 spiro atoms. The van der Waals surface area contributed by atoms with E-state index in [1.165, 1.54) is 17.4 Å². The largest absolute Gasteiger partial charge is 0.460 e. The molecule has 4 nitrogen and oxygen atoms in total. The lowest BCUT2D eigenvalue weighted by Crippen LogP contribution is -2.07. The van der Waals surface area contributed by atoms with E-state index < -0.39 is 0 Å². The van der Waals surface area contributed by atoms with E-state index in [-0.39, 0.29) is 5.91 Å². The first-order valence-corrected chi connectivity index (χ1v) is 7.65. The van der Waals surface area contributed by atoms with Gasteiger partial charge >= 0.3 is 0 Å². The van der Waals surface area contributed by atoms with Crippen molar-refractivity contribution in [3.05, 3.63) is 65.2 Å². The summed E-state index contributed by atoms with van der Waals surface area (Å²) in [7, 11) is 0. The van der Waals surface area contributed by atoms with Gasteiger partial charge in [-0.3, -0.25) is 10.1 Å². The van der Waals surface area contributed by atoms with Crippen molar-refractivity contribution in [2.45, 2.75) is 6.92 Å². The molecule has 110 valence electrons. The van der Waals surface area contributed by atoms with Crippen LogP contribution in [0.1, 0.15) is 11.3 Å². The summed E-state index contributed by atoms with van der Waals surface area (Å²) in [6.45, 7) is 1.88. The number of carbonyl (C=O) groups excluding carboxylic acids is 1. The molecule has 0 fully saturated rings. The molecule has 1 N–H and O–H groups in total. The number of nitrogens with zero attached hydrogens (tertiary/aromatic N) is 1. The Morgan fingerprint density at radius 3 is 2.77 bits per heavy atom. The van der Waals surface area contributed by atoms with Gasteiger partial charge in [0.05, 0.1) is 0 Å². The molecule has 2 aromatic heterocycles. The number of amides is 1. The molecule has 3 rings (SSSR count). The van der Waals surface area contributed by atoms with Gasteiger partial charge in [0, 0.05) is 11.5 Å². The number of benzene rings is 1. The van der Waals surface area contributed by atoms with Crippen LogP contribution in [0.15, 0.2) is 58.3 Å². The van der Waals surface area contributed by atoms with Crippen molar-refractivity contribution < 1.29 is 9.21 Å². The van der Waals surface area contributed by atoms with Crippen molar-refractivity contribution in [3.63, 3.8) is 0 Å². The summed E-state index contributed by atoms with van der Waals surface area (Å²) in [6.07, 6.45) is 3.26. The molecule has 3 aromatic rings. The van der Waals surface area contributed by atoms with Crippen molar-refractivity contribution >= 4 is 28.5 Å². The molecular formula is C17H14N2O2S. The Morgan fingerprint density at radius 2 is 2.05 bits per heavy atom. The molecule has 0 aliphatic heterocycles. The van der Waals surface area contributed by atoms with E-state index in [4.69, 9.17) is 4.42 Å². The summed E-state index contributed by atoms with van der Waals surface area (Å²) < 4.78 is 5.51. The third-order valence-corrected chi connectivity index (χ3v) is 3.71. The fourth-order valence-electron chi connectivity index (χ4n) is 1.90. The molecule has 0 atom stereocenters. The monoisotopic (exact) mass is 310 g/mol. The van der Waals surface area contributed by atoms with Crippen LogP contribution < -0.4 is 5.32 Å². The number of hydrogen-bond acceptors (Lipinski definition) is 4. The van der Waals surface area contributed by atoms with Crippen molar-refractivity contribution in [1.82, 2.24) is 4.98 Å². The minimum atomic E-state index is -0.208. The van der Waals surface area contributed by atoms with E-state index in [1.54, 1.807) is 6.08 Å². The van der Waals surface area contributed by atoms with Gasteiger partial charge in [-0.25, -0.2) is 4.98 Å². The van der Waals surface area contributed by atoms with E-state index in [0.29, 0.717) is 10.9 Å². The smallest absolute Gasteiger partial charge is 0.250 e. The molecular weight excluding hydrogens is 296 g/mol. The van der Waals surface area contributed by atoms with Crippen LogP contribution >= 0.6 is 11.3 Å². The van der Waals surface area contributed by atoms with Gasteiger partial charge in [-0.2, -0.15) is 0 Å². The molecule has 0 unspecified atom stereocenters. The molecule has 0 aliphatic carbocycles. The fraction of sp³-hybridized carbons (Fsp3) is 0.0588. The SMILES string of the molecule is Cc1ccc(-c2csc(NC(=O)/C=C/c3ccccc3)n2)o1. The second-order valence-electron chi connectivity index (χ2n) is 4.68. The van der Waals surface area contributed by atoms with Crippen LogP contribution in [0.3, 0.4) is 0 Å². The second-order valence-corrected chi connectivity index (χ2v) is 5.54. The van der Waals surface area contributed by atoms with Gasteiger partial charge in [0.15, 0.2) is 10.9 Å². The summed E-state index contributed by atoms with van der Waals surface area (Å²) >= 11 is 1.37. The summed E-state index contributed by atoms with van der Waals surface area (Å²) in [5.74, 6) is 1.33. The molecule has 22 heavy (non-hydrogen) atoms. The van der Waals surface area contributed by atoms with E-state index >= 15 is 0 Å². The Hall–Kier alpha value is -2.66. The normalized spacial score (nSPS) is 11.0. The maximum atomic E-state index is 11.9. The van der Waals surface area contributed by atoms with Crippen LogP contribution in [-0.2, 0) is 4.79 Å². The minimum absolute atomic E-state index is 0.208. The number of furan rings is 1. The van der Waals surface area contributed by atoms with Crippen molar-refractivity contribution in [2.24, 2.45) is 0 Å². The number of hydrogen-bond donors (Lipinski definition) is 1. The topological polar surface area (TPSA) is 55.1 Å². The predicted octanol–water partition coefficient (Wildman–Crippen LogP) is 4.36. The molecule has 0 aliphatic rings. The molecule has 0 radical (unpaired) electrons. The van der Waals surface area contributed by atoms with E-state index in [9.17, 15) is 4.79 Å². The Balaban J connectivity index is 1.65. The number of aromatic nitrogens is 1. The quantitative estimate of drug-likeness (QED) is 0.728. The highest BCUT2D eigenvalue weighted by atomic mass is 32.1. The number of thiazole rings is 1. The van der Waals surface area contributed by atoms with Crippen LogP contribution in [0.2, 0.25) is 0 Å². The van der Waals surface area contributed by atoms with Crippen molar-refractivity contribution in [2.75, 3.05) is 5.32 Å². The van der Waals surface area contributed by atoms with Gasteiger partial charge in [0.1, 0.15) is 11.5 Å². The summed E-state index contributed by atoms with van der Waals surface area (Å²) in [4.78, 5) is 16.2. The average molecular weight is 310 g/mol. The first kappa shape index (κ1) is 14.3. The number of anilines is 1. The third-order valence-electron chi connectivity index (χ3n) is 2.95. The molecule has 1 aromatic carbocycles. The number of carbonyl (C=O) groups is 1. The first-order chi connectivity index (χ1) is 10.7. The van der Waals surface area contributed by atoms with Gasteiger partial charge < -0.3 is 4.42 Å². The minimum Gasteiger partial charge on any atom is -0.460 e. The summed E-state index contributed by atoms with van der Waals surface area (Å²) in [5.41, 5.74) is 1.70. The molecule has 0 bridgehead atoms. The van der Waals surface area contributed by atoms with Gasteiger partial charge in [0.2, 0.25) is 5.91 Å². The first-order valence-electron chi connectivity index (χ1n) is 6.77. The maximum Gasteiger partial charge on any atom is 0.250 e. The van der Waals surface area contributed by atoms with E-state index in [1.807, 2.05) is 54.8 Å². The summed E-state index contributed by atoms with van der Waals surface area (Å²) in [5, 5.41) is 5.15. The van der Waals surface area contributed by atoms with Crippen LogP contribution in [0, 0.1) is 6.92 Å². The molecule has 0 saturated carbocycles. The number of rotatable bonds is 4. The molecule has 5 heteroatoms. The average Bonchev–Trinajstić information content (AvgIpc) is 3.15. The van der Waals surface area contributed by atoms with Crippen molar-refractivity contribution in [1.29, 1.82) is 0 Å². The maximum absolute atomic E-state index is 11.9. The Morgan fingerprint density at radius 1 is 1.23 bits per heavy atom. The molecule has 1 amide bonds. The fourth-order valence-corrected chi connectivity index (χ4v) is 2.60. The van der Waals surface area contributed by atoms with Crippen LogP contribution in [-0.4, -0.2) is 10.9 Å². The molecule has 2 heterocycles. The summed E-state index contributed by atoms with van der Waals surface area (Å²) in [6, 6.07) is 13.4. The Kier molecular flexibility index (Phi) is 4.16. The predicted molar refractivity (Wildman–Crippen MR) is 88.7 cm³/mol. The van der Waals surface area contributed by atoms with Gasteiger partial charge in [-0.05, 0) is 30.7 Å². The highest BCUT2D eigenvalue weighted by Crippen LogP contribution is 2.26. The molecule has 0 saturated heterocycles. The number of aryl methyl sites for hydroxylation is 1. The van der Waals surface area contributed by atoms with Gasteiger partial charge in [-0.15, -0.1) is 11.3 Å². The van der Waals surface area contributed by atoms with Crippen LogP contribution in [0.4, 0.5) is 5.13 Å². The van der Waals surface area contributed by atoms with Gasteiger partial charge in [-0.1, -0.05) is 30.3 Å². The third kappa shape index (κ3) is 3.51. The lowest BCUT2D eigenvalue weighted by molar-refractivity contribution is -0.111. The Labute approximate surface area is 132 Å². The Bertz CT molecular complexity index is 803. The second kappa shape index (κ2) is 6.41. The zero-order valence-corrected chi connectivity index (χ0v) is 12.8. The van der Waals surface area contributed by atoms with Crippen molar-refractivity contribution in [3.8, 4) is 11.5 Å². The van der Waals surface area contributed by atoms with Gasteiger partial charge in [0.25, 0.3) is 0 Å². The van der Waals surface area contributed by atoms with Crippen LogP contribution in [0.5, 0.6) is 0 Å². The highest BCUT2D eigenvalue weighted by molar-refractivity contribution is 7.14. The standard InChI is InChI=1S/C17H14N2O2S/c1-12-7-9-15(21-12)14-11-22-17(18-14)19-16(20)10-8-13-5-3-2-4-6-13/h2-11H,1H3,(H,18,19,20)/b10-8+. The van der Waals surface area contributed by atoms with E-state index in [0.717, 1.165) is 17.0 Å². The number of nitrogens with one attached hydrogen (secondary N) is 1. The van der Waals surface area contributed by atoms with E-state index in [2.05, 4.69) is 10.3 Å². The highest BCUT2D eigenvalue weighted by Gasteiger charge is 2.09. The lowest BCUT2D eigenvalue weighted by Gasteiger charge is -1.96. The van der Waals surface area contributed by atoms with Crippen LogP contribution in [0.25, 0.3) is 17.5 Å². The zero-order valence-electron chi connectivity index (χ0n) is 11.9.